The Bertz CT molecular complexity index is 2220. The Morgan fingerprint density at radius 2 is 1.35 bits per heavy atom. The fraction of sp³-hybridized carbons (Fsp3) is 0.364. The summed E-state index contributed by atoms with van der Waals surface area (Å²) in [7, 11) is 0. The number of esters is 2. The smallest absolute Gasteiger partial charge is 0.407 e. The average molecular weight is 884 g/mol. The van der Waals surface area contributed by atoms with Crippen LogP contribution in [0.1, 0.15) is 75.5 Å². The summed E-state index contributed by atoms with van der Waals surface area (Å²) < 4.78 is 86.3. The maximum atomic E-state index is 14.5. The molecule has 63 heavy (non-hydrogen) atoms. The van der Waals surface area contributed by atoms with E-state index in [1.165, 1.54) is 12.4 Å². The molecule has 336 valence electrons. The van der Waals surface area contributed by atoms with Crippen LogP contribution >= 0.6 is 0 Å². The van der Waals surface area contributed by atoms with Gasteiger partial charge in [0.15, 0.2) is 0 Å². The number of pyridine rings is 1. The highest BCUT2D eigenvalue weighted by atomic mass is 19.2. The molecule has 0 saturated heterocycles. The molecule has 14 nitrogen and oxygen atoms in total. The second kappa shape index (κ2) is 21.6. The normalized spacial score (nSPS) is 13.5. The Labute approximate surface area is 358 Å². The first-order valence-corrected chi connectivity index (χ1v) is 19.9. The Morgan fingerprint density at radius 1 is 0.746 bits per heavy atom. The molecule has 5 N–H and O–H groups in total. The van der Waals surface area contributed by atoms with E-state index >= 15 is 0 Å². The summed E-state index contributed by atoms with van der Waals surface area (Å²) in [5, 5.41) is 14.1. The summed E-state index contributed by atoms with van der Waals surface area (Å²) in [5.41, 5.74) is 9.09. The van der Waals surface area contributed by atoms with Crippen molar-refractivity contribution >= 4 is 29.9 Å². The number of ether oxygens (including phenoxy) is 3. The maximum Gasteiger partial charge on any atom is 0.407 e. The molecule has 2 amide bonds. The second-order valence-corrected chi connectivity index (χ2v) is 15.6. The number of hydrazine groups is 1. The molecule has 0 spiro atoms. The van der Waals surface area contributed by atoms with Gasteiger partial charge in [0.25, 0.3) is 0 Å². The van der Waals surface area contributed by atoms with E-state index in [2.05, 4.69) is 31.2 Å². The molecule has 5 rings (SSSR count). The lowest BCUT2D eigenvalue weighted by Crippen LogP contribution is -2.55. The van der Waals surface area contributed by atoms with E-state index < -0.39 is 94.9 Å². The SMILES string of the molecule is CC(C)(C)OC(=O)[C@H](CCC(=O)O)NC(=O)[C@H](Cc1cccnc1)NNCCCC[C@H](NC(=O)OCC1c2ccccc2-c2ccccc21)C(=O)Oc1c(F)c(F)c(F)c(F)c1F. The molecular formula is C44H46F5N5O9. The van der Waals surface area contributed by atoms with Gasteiger partial charge < -0.3 is 30.0 Å². The van der Waals surface area contributed by atoms with Crippen molar-refractivity contribution in [2.75, 3.05) is 13.2 Å². The lowest BCUT2D eigenvalue weighted by molar-refractivity contribution is -0.159. The summed E-state index contributed by atoms with van der Waals surface area (Å²) in [6.07, 6.45) is 1.29. The molecule has 19 heteroatoms. The van der Waals surface area contributed by atoms with Crippen LogP contribution in [0.4, 0.5) is 26.7 Å². The number of alkyl carbamates (subject to hydrolysis) is 1. The second-order valence-electron chi connectivity index (χ2n) is 15.6. The number of nitrogens with one attached hydrogen (secondary N) is 4. The number of hydrogen-bond acceptors (Lipinski definition) is 11. The van der Waals surface area contributed by atoms with E-state index in [4.69, 9.17) is 9.47 Å². The Balaban J connectivity index is 1.24. The van der Waals surface area contributed by atoms with Gasteiger partial charge in [0.2, 0.25) is 40.7 Å². The highest BCUT2D eigenvalue weighted by molar-refractivity contribution is 5.88. The molecule has 0 fully saturated rings. The van der Waals surface area contributed by atoms with Crippen LogP contribution in [0.25, 0.3) is 11.1 Å². The predicted molar refractivity (Wildman–Crippen MR) is 215 cm³/mol. The van der Waals surface area contributed by atoms with Crippen LogP contribution in [-0.2, 0) is 35.1 Å². The highest BCUT2D eigenvalue weighted by Crippen LogP contribution is 2.44. The molecule has 0 saturated carbocycles. The van der Waals surface area contributed by atoms with Crippen molar-refractivity contribution < 1.29 is 65.2 Å². The minimum Gasteiger partial charge on any atom is -0.481 e. The van der Waals surface area contributed by atoms with Gasteiger partial charge in [0.05, 0.1) is 0 Å². The zero-order valence-electron chi connectivity index (χ0n) is 34.4. The first kappa shape index (κ1) is 47.6. The molecule has 1 heterocycles. The summed E-state index contributed by atoms with van der Waals surface area (Å²) in [4.78, 5) is 68.3. The van der Waals surface area contributed by atoms with Gasteiger partial charge in [0, 0.05) is 31.3 Å². The quantitative estimate of drug-likeness (QED) is 0.0129. The largest absolute Gasteiger partial charge is 0.481 e. The molecule has 4 aromatic rings. The van der Waals surface area contributed by atoms with E-state index in [1.54, 1.807) is 32.9 Å². The highest BCUT2D eigenvalue weighted by Gasteiger charge is 2.34. The van der Waals surface area contributed by atoms with Crippen molar-refractivity contribution in [2.45, 2.75) is 88.9 Å². The molecule has 0 bridgehead atoms. The number of aromatic nitrogens is 1. The van der Waals surface area contributed by atoms with E-state index in [-0.39, 0.29) is 51.2 Å². The van der Waals surface area contributed by atoms with Gasteiger partial charge in [-0.05, 0) is 86.8 Å². The third kappa shape index (κ3) is 12.8. The molecule has 3 aromatic carbocycles. The van der Waals surface area contributed by atoms with Crippen molar-refractivity contribution in [1.82, 2.24) is 26.5 Å². The van der Waals surface area contributed by atoms with Crippen molar-refractivity contribution in [3.8, 4) is 16.9 Å². The number of carbonyl (C=O) groups excluding carboxylic acids is 4. The van der Waals surface area contributed by atoms with Crippen molar-refractivity contribution in [2.24, 2.45) is 0 Å². The van der Waals surface area contributed by atoms with Gasteiger partial charge in [-0.3, -0.25) is 20.0 Å². The van der Waals surface area contributed by atoms with E-state index in [0.717, 1.165) is 22.3 Å². The monoisotopic (exact) mass is 883 g/mol. The first-order valence-electron chi connectivity index (χ1n) is 19.9. The van der Waals surface area contributed by atoms with Crippen LogP contribution in [0.5, 0.6) is 5.75 Å². The van der Waals surface area contributed by atoms with E-state index in [0.29, 0.717) is 5.56 Å². The molecule has 1 aliphatic rings. The number of hydrogen-bond donors (Lipinski definition) is 5. The number of rotatable bonds is 20. The number of halogens is 5. The summed E-state index contributed by atoms with van der Waals surface area (Å²) in [6, 6.07) is 14.3. The number of carboxylic acids is 1. The number of aliphatic carboxylic acids is 1. The molecule has 0 unspecified atom stereocenters. The van der Waals surface area contributed by atoms with Crippen LogP contribution in [0.3, 0.4) is 0 Å². The zero-order chi connectivity index (χ0) is 45.8. The van der Waals surface area contributed by atoms with Gasteiger partial charge >= 0.3 is 24.0 Å². The lowest BCUT2D eigenvalue weighted by Gasteiger charge is -2.26. The summed E-state index contributed by atoms with van der Waals surface area (Å²) in [6.45, 7) is 4.77. The molecule has 3 atom stereocenters. The average Bonchev–Trinajstić information content (AvgIpc) is 3.57. The Morgan fingerprint density at radius 3 is 1.94 bits per heavy atom. The fourth-order valence-electron chi connectivity index (χ4n) is 6.76. The minimum atomic E-state index is -2.46. The van der Waals surface area contributed by atoms with Crippen LogP contribution in [-0.4, -0.2) is 76.9 Å². The van der Waals surface area contributed by atoms with Gasteiger partial charge in [0.1, 0.15) is 30.3 Å². The molecule has 1 aromatic heterocycles. The molecule has 1 aliphatic carbocycles. The van der Waals surface area contributed by atoms with E-state index in [1.807, 2.05) is 48.5 Å². The fourth-order valence-corrected chi connectivity index (χ4v) is 6.76. The standard InChI is InChI=1S/C44H46F5N5O9/c1-44(2,3)63-42(59)31(17-18-33(55)56)52-40(57)32(21-24-11-10-19-50-22-24)54-51-20-9-8-16-30(41(58)62-39-37(48)35(46)34(45)36(47)38(39)49)53-43(60)61-23-29-27-14-6-4-12-25(27)26-13-5-7-15-28(26)29/h4-7,10-15,19,22,29-32,51,54H,8-9,16-18,20-21,23H2,1-3H3,(H,52,57)(H,53,60)(H,55,56)/t30-,31-,32-/m0/s1. The molecular weight excluding hydrogens is 838 g/mol. The Hall–Kier alpha value is -6.47. The van der Waals surface area contributed by atoms with E-state index in [9.17, 15) is 51.0 Å². The maximum absolute atomic E-state index is 14.5. The Kier molecular flexibility index (Phi) is 16.3. The van der Waals surface area contributed by atoms with Crippen LogP contribution in [0, 0.1) is 29.1 Å². The number of carbonyl (C=O) groups is 5. The van der Waals surface area contributed by atoms with Crippen LogP contribution in [0.2, 0.25) is 0 Å². The summed E-state index contributed by atoms with van der Waals surface area (Å²) in [5.74, 6) is -18.4. The predicted octanol–water partition coefficient (Wildman–Crippen LogP) is 6.16. The van der Waals surface area contributed by atoms with Gasteiger partial charge in [-0.1, -0.05) is 54.6 Å². The lowest BCUT2D eigenvalue weighted by atomic mass is 9.98. The topological polar surface area (TPSA) is 194 Å². The molecule has 0 radical (unpaired) electrons. The van der Waals surface area contributed by atoms with Gasteiger partial charge in [-0.25, -0.2) is 33.0 Å². The third-order valence-corrected chi connectivity index (χ3v) is 9.75. The number of benzene rings is 3. The zero-order valence-corrected chi connectivity index (χ0v) is 34.4. The van der Waals surface area contributed by atoms with Crippen molar-refractivity contribution in [3.63, 3.8) is 0 Å². The number of unbranched alkanes of at least 4 members (excludes halogenated alkanes) is 1. The van der Waals surface area contributed by atoms with Crippen LogP contribution < -0.4 is 26.2 Å². The van der Waals surface area contributed by atoms with Gasteiger partial charge in [-0.15, -0.1) is 0 Å². The third-order valence-electron chi connectivity index (χ3n) is 9.75. The number of amides is 2. The number of carboxylic acid groups (broad SMARTS) is 1. The summed E-state index contributed by atoms with van der Waals surface area (Å²) >= 11 is 0. The number of nitrogens with zero attached hydrogens (tertiary/aromatic N) is 1. The molecule has 0 aliphatic heterocycles. The van der Waals surface area contributed by atoms with Crippen LogP contribution in [0.15, 0.2) is 73.1 Å². The van der Waals surface area contributed by atoms with Crippen molar-refractivity contribution in [3.05, 3.63) is 119 Å². The number of fused-ring (bicyclic) bond motifs is 3. The first-order chi connectivity index (χ1) is 29.9. The van der Waals surface area contributed by atoms with Crippen molar-refractivity contribution in [1.29, 1.82) is 0 Å². The minimum absolute atomic E-state index is 0.0578. The van der Waals surface area contributed by atoms with Gasteiger partial charge in [-0.2, -0.15) is 8.78 Å².